The van der Waals surface area contributed by atoms with Gasteiger partial charge in [-0.3, -0.25) is 4.79 Å². The summed E-state index contributed by atoms with van der Waals surface area (Å²) >= 11 is 6.04. The van der Waals surface area contributed by atoms with Crippen LogP contribution in [0.1, 0.15) is 49.7 Å². The molecule has 0 bridgehead atoms. The van der Waals surface area contributed by atoms with Crippen molar-refractivity contribution in [2.45, 2.75) is 45.8 Å². The van der Waals surface area contributed by atoms with Crippen LogP contribution in [0.5, 0.6) is 0 Å². The molecule has 1 amide bonds. The van der Waals surface area contributed by atoms with Gasteiger partial charge in [-0.1, -0.05) is 25.4 Å². The number of ether oxygens (including phenoxy) is 1. The molecular formula is C15H21ClN2O2. The molecule has 0 N–H and O–H groups in total. The standard InChI is InChI=1S/C15H21ClN2O2/c1-9(2)13-5-12(6-14(16)17-13)15(19)18-7-11(4)20-8-10(18)3/h5-6,9-11H,7-8H2,1-4H3. The smallest absolute Gasteiger partial charge is 0.254 e. The largest absolute Gasteiger partial charge is 0.375 e. The molecule has 0 aromatic carbocycles. The molecule has 20 heavy (non-hydrogen) atoms. The number of morpholine rings is 1. The summed E-state index contributed by atoms with van der Waals surface area (Å²) in [5.41, 5.74) is 1.45. The third-order valence-corrected chi connectivity index (χ3v) is 3.71. The van der Waals surface area contributed by atoms with Crippen molar-refractivity contribution in [3.63, 3.8) is 0 Å². The topological polar surface area (TPSA) is 42.4 Å². The predicted molar refractivity (Wildman–Crippen MR) is 79.2 cm³/mol. The van der Waals surface area contributed by atoms with Crippen molar-refractivity contribution in [2.24, 2.45) is 0 Å². The minimum atomic E-state index is -0.00106. The second kappa shape index (κ2) is 6.10. The molecule has 0 aliphatic carbocycles. The zero-order chi connectivity index (χ0) is 14.9. The van der Waals surface area contributed by atoms with E-state index in [1.165, 1.54) is 0 Å². The van der Waals surface area contributed by atoms with E-state index >= 15 is 0 Å². The van der Waals surface area contributed by atoms with Crippen molar-refractivity contribution in [1.82, 2.24) is 9.88 Å². The summed E-state index contributed by atoms with van der Waals surface area (Å²) in [6.07, 6.45) is 0.0667. The molecule has 1 aliphatic rings. The van der Waals surface area contributed by atoms with Gasteiger partial charge in [0.1, 0.15) is 5.15 Å². The van der Waals surface area contributed by atoms with Gasteiger partial charge in [0.2, 0.25) is 0 Å². The van der Waals surface area contributed by atoms with E-state index in [0.717, 1.165) is 5.69 Å². The summed E-state index contributed by atoms with van der Waals surface area (Å²) in [5.74, 6) is 0.236. The van der Waals surface area contributed by atoms with Crippen molar-refractivity contribution >= 4 is 17.5 Å². The number of carbonyl (C=O) groups is 1. The molecule has 2 rings (SSSR count). The Labute approximate surface area is 125 Å². The predicted octanol–water partition coefficient (Wildman–Crippen LogP) is 3.11. The molecule has 1 aromatic rings. The Morgan fingerprint density at radius 2 is 2.15 bits per heavy atom. The highest BCUT2D eigenvalue weighted by molar-refractivity contribution is 6.29. The molecule has 110 valence electrons. The molecule has 2 unspecified atom stereocenters. The van der Waals surface area contributed by atoms with Crippen LogP contribution in [-0.2, 0) is 4.74 Å². The van der Waals surface area contributed by atoms with Crippen LogP contribution in [0.15, 0.2) is 12.1 Å². The number of nitrogens with zero attached hydrogens (tertiary/aromatic N) is 2. The second-order valence-electron chi connectivity index (χ2n) is 5.71. The van der Waals surface area contributed by atoms with Crippen molar-refractivity contribution < 1.29 is 9.53 Å². The van der Waals surface area contributed by atoms with Crippen molar-refractivity contribution in [2.75, 3.05) is 13.2 Å². The van der Waals surface area contributed by atoms with E-state index in [2.05, 4.69) is 4.98 Å². The lowest BCUT2D eigenvalue weighted by Gasteiger charge is -2.37. The van der Waals surface area contributed by atoms with Gasteiger partial charge in [-0.25, -0.2) is 4.98 Å². The zero-order valence-electron chi connectivity index (χ0n) is 12.4. The molecule has 2 heterocycles. The molecule has 0 radical (unpaired) electrons. The normalized spacial score (nSPS) is 23.2. The van der Waals surface area contributed by atoms with Gasteiger partial charge in [-0.15, -0.1) is 0 Å². The minimum Gasteiger partial charge on any atom is -0.375 e. The van der Waals surface area contributed by atoms with Crippen LogP contribution in [0.2, 0.25) is 5.15 Å². The van der Waals surface area contributed by atoms with Gasteiger partial charge in [-0.05, 0) is 31.9 Å². The maximum absolute atomic E-state index is 12.7. The van der Waals surface area contributed by atoms with E-state index in [1.54, 1.807) is 6.07 Å². The van der Waals surface area contributed by atoms with E-state index < -0.39 is 0 Å². The molecule has 1 fully saturated rings. The third kappa shape index (κ3) is 3.30. The Kier molecular flexibility index (Phi) is 4.66. The number of halogens is 1. The molecule has 5 heteroatoms. The Morgan fingerprint density at radius 1 is 1.45 bits per heavy atom. The molecule has 1 aliphatic heterocycles. The SMILES string of the molecule is CC1CN(C(=O)c2cc(Cl)nc(C(C)C)c2)C(C)CO1. The van der Waals surface area contributed by atoms with Crippen LogP contribution in [0.4, 0.5) is 0 Å². The number of hydrogen-bond donors (Lipinski definition) is 0. The van der Waals surface area contributed by atoms with Crippen LogP contribution in [0.25, 0.3) is 0 Å². The summed E-state index contributed by atoms with van der Waals surface area (Å²) in [7, 11) is 0. The number of carbonyl (C=O) groups excluding carboxylic acids is 1. The summed E-state index contributed by atoms with van der Waals surface area (Å²) in [6, 6.07) is 3.56. The third-order valence-electron chi connectivity index (χ3n) is 3.52. The average molecular weight is 297 g/mol. The first-order valence-corrected chi connectivity index (χ1v) is 7.36. The fraction of sp³-hybridized carbons (Fsp3) is 0.600. The van der Waals surface area contributed by atoms with Gasteiger partial charge in [0.25, 0.3) is 5.91 Å². The van der Waals surface area contributed by atoms with Crippen molar-refractivity contribution in [1.29, 1.82) is 0 Å². The summed E-state index contributed by atoms with van der Waals surface area (Å²) in [6.45, 7) is 9.22. The Hall–Kier alpha value is -1.13. The molecule has 4 nitrogen and oxygen atoms in total. The first kappa shape index (κ1) is 15.3. The number of rotatable bonds is 2. The van der Waals surface area contributed by atoms with Gasteiger partial charge >= 0.3 is 0 Å². The first-order chi connectivity index (χ1) is 9.38. The highest BCUT2D eigenvalue weighted by atomic mass is 35.5. The molecule has 1 saturated heterocycles. The molecule has 2 atom stereocenters. The fourth-order valence-electron chi connectivity index (χ4n) is 2.29. The lowest BCUT2D eigenvalue weighted by Crippen LogP contribution is -2.50. The van der Waals surface area contributed by atoms with Gasteiger partial charge < -0.3 is 9.64 Å². The van der Waals surface area contributed by atoms with Crippen LogP contribution in [0.3, 0.4) is 0 Å². The summed E-state index contributed by atoms with van der Waals surface area (Å²) in [5, 5.41) is 0.369. The lowest BCUT2D eigenvalue weighted by atomic mass is 10.1. The van der Waals surface area contributed by atoms with Crippen molar-refractivity contribution in [3.05, 3.63) is 28.5 Å². The Balaban J connectivity index is 2.28. The Morgan fingerprint density at radius 3 is 2.80 bits per heavy atom. The summed E-state index contributed by atoms with van der Waals surface area (Å²) in [4.78, 5) is 18.8. The van der Waals surface area contributed by atoms with Gasteiger partial charge in [0, 0.05) is 17.8 Å². The first-order valence-electron chi connectivity index (χ1n) is 6.98. The fourth-order valence-corrected chi connectivity index (χ4v) is 2.50. The molecular weight excluding hydrogens is 276 g/mol. The van der Waals surface area contributed by atoms with Gasteiger partial charge in [0.15, 0.2) is 0 Å². The molecule has 0 spiro atoms. The van der Waals surface area contributed by atoms with Crippen LogP contribution < -0.4 is 0 Å². The molecule has 1 aromatic heterocycles. The second-order valence-corrected chi connectivity index (χ2v) is 6.10. The molecule has 0 saturated carbocycles. The highest BCUT2D eigenvalue weighted by Crippen LogP contribution is 2.21. The average Bonchev–Trinajstić information content (AvgIpc) is 2.40. The van der Waals surface area contributed by atoms with Crippen molar-refractivity contribution in [3.8, 4) is 0 Å². The number of pyridine rings is 1. The van der Waals surface area contributed by atoms with E-state index in [0.29, 0.717) is 23.9 Å². The van der Waals surface area contributed by atoms with Gasteiger partial charge in [-0.2, -0.15) is 0 Å². The number of amides is 1. The maximum atomic E-state index is 12.7. The van der Waals surface area contributed by atoms with Crippen LogP contribution in [0, 0.1) is 0 Å². The highest BCUT2D eigenvalue weighted by Gasteiger charge is 2.28. The monoisotopic (exact) mass is 296 g/mol. The number of hydrogen-bond acceptors (Lipinski definition) is 3. The lowest BCUT2D eigenvalue weighted by molar-refractivity contribution is -0.0387. The quantitative estimate of drug-likeness (QED) is 0.788. The van der Waals surface area contributed by atoms with Crippen LogP contribution >= 0.6 is 11.6 Å². The van der Waals surface area contributed by atoms with Gasteiger partial charge in [0.05, 0.1) is 18.8 Å². The number of aromatic nitrogens is 1. The van der Waals surface area contributed by atoms with E-state index in [4.69, 9.17) is 16.3 Å². The van der Waals surface area contributed by atoms with E-state index in [9.17, 15) is 4.79 Å². The van der Waals surface area contributed by atoms with E-state index in [1.807, 2.05) is 38.7 Å². The summed E-state index contributed by atoms with van der Waals surface area (Å²) < 4.78 is 5.56. The maximum Gasteiger partial charge on any atom is 0.254 e. The van der Waals surface area contributed by atoms with Crippen LogP contribution in [-0.4, -0.2) is 41.1 Å². The zero-order valence-corrected chi connectivity index (χ0v) is 13.1. The Bertz CT molecular complexity index is 505. The van der Waals surface area contributed by atoms with E-state index in [-0.39, 0.29) is 24.0 Å². The minimum absolute atomic E-state index is 0.00106.